The molecular weight excluding hydrogens is 295 g/mol. The quantitative estimate of drug-likeness (QED) is 0.930. The molecule has 1 amide bonds. The summed E-state index contributed by atoms with van der Waals surface area (Å²) < 4.78 is 0. The Morgan fingerprint density at radius 1 is 1.30 bits per heavy atom. The average Bonchev–Trinajstić information content (AvgIpc) is 2.42. The van der Waals surface area contributed by atoms with E-state index in [1.165, 1.54) is 5.57 Å². The highest BCUT2D eigenvalue weighted by Gasteiger charge is 2.33. The zero-order valence-electron chi connectivity index (χ0n) is 11.6. The molecule has 0 aromatic heterocycles. The monoisotopic (exact) mass is 312 g/mol. The van der Waals surface area contributed by atoms with Crippen molar-refractivity contribution in [3.63, 3.8) is 0 Å². The molecule has 2 rings (SSSR count). The van der Waals surface area contributed by atoms with Gasteiger partial charge >= 0.3 is 0 Å². The molecule has 0 spiro atoms. The van der Waals surface area contributed by atoms with Gasteiger partial charge in [-0.15, -0.1) is 0 Å². The zero-order chi connectivity index (χ0) is 14.9. The molecule has 0 fully saturated rings. The van der Waals surface area contributed by atoms with Crippen LogP contribution in [0, 0.1) is 0 Å². The lowest BCUT2D eigenvalue weighted by Crippen LogP contribution is -2.54. The molecule has 5 heteroatoms. The van der Waals surface area contributed by atoms with Crippen molar-refractivity contribution in [3.05, 3.63) is 39.9 Å². The van der Waals surface area contributed by atoms with Gasteiger partial charge in [0, 0.05) is 13.1 Å². The largest absolute Gasteiger partial charge is 0.368 e. The van der Waals surface area contributed by atoms with Gasteiger partial charge in [-0.25, -0.2) is 0 Å². The van der Waals surface area contributed by atoms with Gasteiger partial charge in [0.1, 0.15) is 0 Å². The molecule has 108 valence electrons. The Kier molecular flexibility index (Phi) is 4.43. The Labute approximate surface area is 129 Å². The minimum absolute atomic E-state index is 0.302. The van der Waals surface area contributed by atoms with Crippen LogP contribution in [-0.2, 0) is 4.79 Å². The van der Waals surface area contributed by atoms with E-state index in [0.29, 0.717) is 16.6 Å². The fourth-order valence-electron chi connectivity index (χ4n) is 2.29. The predicted molar refractivity (Wildman–Crippen MR) is 83.9 cm³/mol. The van der Waals surface area contributed by atoms with Crippen LogP contribution in [0.5, 0.6) is 0 Å². The van der Waals surface area contributed by atoms with E-state index in [0.717, 1.165) is 18.5 Å². The van der Waals surface area contributed by atoms with E-state index in [4.69, 9.17) is 28.9 Å². The van der Waals surface area contributed by atoms with Crippen LogP contribution in [0.3, 0.4) is 0 Å². The first-order chi connectivity index (χ1) is 9.32. The standard InChI is InChI=1S/C15H18Cl2N2O/c1-15(2,14(18)20)19-7-5-10(6-8-19)11-3-4-12(16)13(17)9-11/h3-5,9H,6-8H2,1-2H3,(H2,18,20). The molecule has 0 saturated heterocycles. The normalized spacial score (nSPS) is 16.9. The van der Waals surface area contributed by atoms with E-state index in [1.807, 2.05) is 26.0 Å². The molecule has 1 aromatic rings. The van der Waals surface area contributed by atoms with Gasteiger partial charge in [0.2, 0.25) is 5.91 Å². The van der Waals surface area contributed by atoms with E-state index in [9.17, 15) is 4.79 Å². The van der Waals surface area contributed by atoms with Crippen molar-refractivity contribution in [2.75, 3.05) is 13.1 Å². The molecule has 0 saturated carbocycles. The third kappa shape index (κ3) is 3.00. The lowest BCUT2D eigenvalue weighted by atomic mass is 9.95. The molecule has 1 aliphatic heterocycles. The van der Waals surface area contributed by atoms with Gasteiger partial charge in [-0.05, 0) is 43.5 Å². The fraction of sp³-hybridized carbons (Fsp3) is 0.400. The van der Waals surface area contributed by atoms with Crippen molar-refractivity contribution in [2.24, 2.45) is 5.73 Å². The second kappa shape index (κ2) is 5.76. The van der Waals surface area contributed by atoms with Crippen LogP contribution in [0.25, 0.3) is 5.57 Å². The average molecular weight is 313 g/mol. The summed E-state index contributed by atoms with van der Waals surface area (Å²) in [5, 5.41) is 1.12. The van der Waals surface area contributed by atoms with Gasteiger partial charge in [0.25, 0.3) is 0 Å². The molecule has 1 heterocycles. The fourth-order valence-corrected chi connectivity index (χ4v) is 2.59. The molecule has 20 heavy (non-hydrogen) atoms. The SMILES string of the molecule is CC(C)(C(N)=O)N1CC=C(c2ccc(Cl)c(Cl)c2)CC1. The number of carbonyl (C=O) groups excluding carboxylic acids is 1. The van der Waals surface area contributed by atoms with Gasteiger partial charge in [-0.2, -0.15) is 0 Å². The number of benzene rings is 1. The summed E-state index contributed by atoms with van der Waals surface area (Å²) in [6, 6.07) is 5.65. The van der Waals surface area contributed by atoms with Crippen LogP contribution in [0.1, 0.15) is 25.8 Å². The lowest BCUT2D eigenvalue weighted by Gasteiger charge is -2.37. The van der Waals surface area contributed by atoms with E-state index in [-0.39, 0.29) is 5.91 Å². The number of carbonyl (C=O) groups is 1. The Hall–Kier alpha value is -1.03. The van der Waals surface area contributed by atoms with Gasteiger partial charge in [-0.3, -0.25) is 9.69 Å². The third-order valence-corrected chi connectivity index (χ3v) is 4.63. The first-order valence-corrected chi connectivity index (χ1v) is 7.27. The molecule has 0 aliphatic carbocycles. The summed E-state index contributed by atoms with van der Waals surface area (Å²) in [6.45, 7) is 5.20. The van der Waals surface area contributed by atoms with E-state index >= 15 is 0 Å². The summed E-state index contributed by atoms with van der Waals surface area (Å²) in [4.78, 5) is 13.6. The van der Waals surface area contributed by atoms with Crippen LogP contribution < -0.4 is 5.73 Å². The third-order valence-electron chi connectivity index (χ3n) is 3.89. The maximum Gasteiger partial charge on any atom is 0.237 e. The molecule has 3 nitrogen and oxygen atoms in total. The van der Waals surface area contributed by atoms with Crippen molar-refractivity contribution in [2.45, 2.75) is 25.8 Å². The van der Waals surface area contributed by atoms with Gasteiger partial charge < -0.3 is 5.73 Å². The summed E-state index contributed by atoms with van der Waals surface area (Å²) in [7, 11) is 0. The molecule has 0 atom stereocenters. The number of halogens is 2. The van der Waals surface area contributed by atoms with Crippen LogP contribution in [0.4, 0.5) is 0 Å². The molecule has 1 aromatic carbocycles. The number of hydrogen-bond donors (Lipinski definition) is 1. The van der Waals surface area contributed by atoms with E-state index < -0.39 is 5.54 Å². The second-order valence-corrected chi connectivity index (χ2v) is 6.29. The Bertz CT molecular complexity index is 567. The van der Waals surface area contributed by atoms with E-state index in [1.54, 1.807) is 6.07 Å². The maximum absolute atomic E-state index is 11.5. The van der Waals surface area contributed by atoms with Crippen LogP contribution in [-0.4, -0.2) is 29.4 Å². The zero-order valence-corrected chi connectivity index (χ0v) is 13.1. The number of rotatable bonds is 3. The number of amides is 1. The molecule has 1 aliphatic rings. The Morgan fingerprint density at radius 2 is 2.00 bits per heavy atom. The highest BCUT2D eigenvalue weighted by Crippen LogP contribution is 2.30. The molecule has 0 radical (unpaired) electrons. The molecule has 0 unspecified atom stereocenters. The summed E-state index contributed by atoms with van der Waals surface area (Å²) >= 11 is 12.0. The highest BCUT2D eigenvalue weighted by atomic mass is 35.5. The lowest BCUT2D eigenvalue weighted by molar-refractivity contribution is -0.128. The molecule has 0 bridgehead atoms. The van der Waals surface area contributed by atoms with Gasteiger partial charge in [-0.1, -0.05) is 35.3 Å². The van der Waals surface area contributed by atoms with Crippen molar-refractivity contribution in [1.29, 1.82) is 0 Å². The molecular formula is C15H18Cl2N2O. The van der Waals surface area contributed by atoms with Crippen LogP contribution >= 0.6 is 23.2 Å². The second-order valence-electron chi connectivity index (χ2n) is 5.48. The number of hydrogen-bond acceptors (Lipinski definition) is 2. The number of nitrogens with two attached hydrogens (primary N) is 1. The van der Waals surface area contributed by atoms with E-state index in [2.05, 4.69) is 11.0 Å². The number of primary amides is 1. The summed E-state index contributed by atoms with van der Waals surface area (Å²) in [5.41, 5.74) is 7.13. The topological polar surface area (TPSA) is 46.3 Å². The van der Waals surface area contributed by atoms with Crippen molar-refractivity contribution in [1.82, 2.24) is 4.90 Å². The highest BCUT2D eigenvalue weighted by molar-refractivity contribution is 6.42. The Morgan fingerprint density at radius 3 is 2.50 bits per heavy atom. The minimum atomic E-state index is -0.625. The van der Waals surface area contributed by atoms with Crippen LogP contribution in [0.15, 0.2) is 24.3 Å². The number of nitrogens with zero attached hydrogens (tertiary/aromatic N) is 1. The van der Waals surface area contributed by atoms with Crippen LogP contribution in [0.2, 0.25) is 10.0 Å². The maximum atomic E-state index is 11.5. The smallest absolute Gasteiger partial charge is 0.237 e. The first kappa shape index (κ1) is 15.4. The summed E-state index contributed by atoms with van der Waals surface area (Å²) in [6.07, 6.45) is 2.97. The van der Waals surface area contributed by atoms with Crippen molar-refractivity contribution < 1.29 is 4.79 Å². The predicted octanol–water partition coefficient (Wildman–Crippen LogP) is 3.35. The minimum Gasteiger partial charge on any atom is -0.368 e. The van der Waals surface area contributed by atoms with Crippen molar-refractivity contribution in [3.8, 4) is 0 Å². The molecule has 2 N–H and O–H groups in total. The van der Waals surface area contributed by atoms with Gasteiger partial charge in [0.15, 0.2) is 0 Å². The first-order valence-electron chi connectivity index (χ1n) is 6.52. The summed E-state index contributed by atoms with van der Waals surface area (Å²) in [5.74, 6) is -0.302. The van der Waals surface area contributed by atoms with Gasteiger partial charge in [0.05, 0.1) is 15.6 Å². The van der Waals surface area contributed by atoms with Crippen molar-refractivity contribution >= 4 is 34.7 Å². The Balaban J connectivity index is 2.17.